The zero-order chi connectivity index (χ0) is 12.6. The van der Waals surface area contributed by atoms with E-state index in [1.807, 2.05) is 36.4 Å². The van der Waals surface area contributed by atoms with Gasteiger partial charge in [-0.05, 0) is 5.56 Å². The molecule has 1 aromatic rings. The molecule has 0 unspecified atom stereocenters. The Hall–Kier alpha value is -2.58. The van der Waals surface area contributed by atoms with Crippen molar-refractivity contribution in [3.8, 4) is 12.1 Å². The van der Waals surface area contributed by atoms with Crippen LogP contribution < -0.4 is 0 Å². The van der Waals surface area contributed by atoms with Crippen molar-refractivity contribution in [1.29, 1.82) is 10.5 Å². The van der Waals surface area contributed by atoms with Crippen LogP contribution in [0.1, 0.15) is 5.56 Å². The number of hydrogen-bond acceptors (Lipinski definition) is 2. The predicted molar refractivity (Wildman–Crippen MR) is 68.2 cm³/mol. The van der Waals surface area contributed by atoms with E-state index < -0.39 is 0 Å². The Morgan fingerprint density at radius 1 is 0.875 bits per heavy atom. The molecule has 0 atom stereocenters. The van der Waals surface area contributed by atoms with Crippen LogP contribution in [0, 0.1) is 22.7 Å². The molecule has 2 heteroatoms. The average Bonchev–Trinajstić information content (AvgIpc) is 2.40. The highest BCUT2D eigenvalue weighted by Crippen LogP contribution is 1.97. The number of nitriles is 2. The van der Waals surface area contributed by atoms with Gasteiger partial charge in [-0.15, -0.1) is 0 Å². The molecule has 0 bridgehead atoms. The van der Waals surface area contributed by atoms with Crippen molar-refractivity contribution in [2.45, 2.75) is 0 Å². The average molecular weight is 210 g/mol. The zero-order valence-electron chi connectivity index (χ0n) is 9.13. The van der Waals surface area contributed by atoms with Gasteiger partial charge in [0.2, 0.25) is 0 Å². The van der Waals surface area contributed by atoms with Crippen LogP contribution in [0.4, 0.5) is 0 Å². The molecule has 0 amide bonds. The molecule has 0 saturated carbocycles. The van der Waals surface area contributed by atoms with Crippen molar-refractivity contribution in [1.82, 2.24) is 0 Å². The Kier molecular flexibility index (Phi) is 14.8. The minimum atomic E-state index is 1.17. The Balaban J connectivity index is 0. The molecule has 0 spiro atoms. The second-order valence-electron chi connectivity index (χ2n) is 2.28. The highest BCUT2D eigenvalue weighted by molar-refractivity contribution is 5.45. The first-order chi connectivity index (χ1) is 7.76. The molecule has 0 fully saturated rings. The molecule has 0 heterocycles. The van der Waals surface area contributed by atoms with Crippen LogP contribution >= 0.6 is 0 Å². The van der Waals surface area contributed by atoms with Gasteiger partial charge in [0.05, 0.1) is 12.1 Å². The highest BCUT2D eigenvalue weighted by Gasteiger charge is 1.75. The van der Waals surface area contributed by atoms with E-state index in [1.165, 1.54) is 17.7 Å². The number of benzene rings is 1. The molecule has 0 aliphatic heterocycles. The molecule has 0 aromatic heterocycles. The van der Waals surface area contributed by atoms with Crippen LogP contribution in [0.15, 0.2) is 62.2 Å². The fourth-order valence-corrected chi connectivity index (χ4v) is 0.589. The molecule has 0 radical (unpaired) electrons. The summed E-state index contributed by atoms with van der Waals surface area (Å²) in [5.74, 6) is 0. The number of nitrogens with zero attached hydrogens (tertiary/aromatic N) is 2. The second-order valence-corrected chi connectivity index (χ2v) is 2.28. The minimum absolute atomic E-state index is 1.17. The summed E-state index contributed by atoms with van der Waals surface area (Å²) in [5, 5.41) is 15.0. The van der Waals surface area contributed by atoms with Gasteiger partial charge in [0.15, 0.2) is 0 Å². The lowest BCUT2D eigenvalue weighted by atomic mass is 10.2. The molecule has 80 valence electrons. The summed E-state index contributed by atoms with van der Waals surface area (Å²) in [6.07, 6.45) is 4.19. The van der Waals surface area contributed by atoms with Crippen molar-refractivity contribution in [2.75, 3.05) is 0 Å². The first-order valence-electron chi connectivity index (χ1n) is 4.45. The summed E-state index contributed by atoms with van der Waals surface area (Å²) in [5.41, 5.74) is 1.17. The summed E-state index contributed by atoms with van der Waals surface area (Å²) in [7, 11) is 0. The van der Waals surface area contributed by atoms with Gasteiger partial charge >= 0.3 is 0 Å². The third-order valence-electron chi connectivity index (χ3n) is 1.22. The second kappa shape index (κ2) is 14.9. The molecular formula is C14H14N2. The Bertz CT molecular complexity index is 359. The monoisotopic (exact) mass is 210 g/mol. The smallest absolute Gasteiger partial charge is 0.0905 e. The van der Waals surface area contributed by atoms with Gasteiger partial charge in [-0.25, -0.2) is 0 Å². The van der Waals surface area contributed by atoms with E-state index in [1.54, 1.807) is 12.1 Å². The van der Waals surface area contributed by atoms with Crippen molar-refractivity contribution in [2.24, 2.45) is 0 Å². The lowest BCUT2D eigenvalue weighted by Crippen LogP contribution is -1.63. The Morgan fingerprint density at radius 3 is 1.44 bits per heavy atom. The predicted octanol–water partition coefficient (Wildman–Crippen LogP) is 3.72. The van der Waals surface area contributed by atoms with Crippen LogP contribution in [0.2, 0.25) is 0 Å². The van der Waals surface area contributed by atoms with Gasteiger partial charge in [0.25, 0.3) is 0 Å². The fraction of sp³-hybridized carbons (Fsp3) is 0. The van der Waals surface area contributed by atoms with Gasteiger partial charge in [-0.3, -0.25) is 0 Å². The molecule has 0 aliphatic rings. The highest BCUT2D eigenvalue weighted by atomic mass is 14.2. The van der Waals surface area contributed by atoms with E-state index >= 15 is 0 Å². The van der Waals surface area contributed by atoms with E-state index in [9.17, 15) is 0 Å². The van der Waals surface area contributed by atoms with Crippen molar-refractivity contribution in [3.63, 3.8) is 0 Å². The summed E-state index contributed by atoms with van der Waals surface area (Å²) < 4.78 is 0. The quantitative estimate of drug-likeness (QED) is 0.663. The van der Waals surface area contributed by atoms with E-state index in [0.29, 0.717) is 0 Å². The molecular weight excluding hydrogens is 196 g/mol. The SMILES string of the molecule is C=CC#N.C=CC#N.C=Cc1ccccc1. The van der Waals surface area contributed by atoms with Gasteiger partial charge in [-0.1, -0.05) is 56.1 Å². The normalized spacial score (nSPS) is 6.12. The first-order valence-corrected chi connectivity index (χ1v) is 4.45. The standard InChI is InChI=1S/C8H8.2C3H3N/c1-2-8-6-4-3-5-7-8;2*1-2-3-4/h2-7H,1H2;2*2H,1H2. The van der Waals surface area contributed by atoms with Gasteiger partial charge in [-0.2, -0.15) is 10.5 Å². The Labute approximate surface area is 97.1 Å². The van der Waals surface area contributed by atoms with Gasteiger partial charge in [0, 0.05) is 12.2 Å². The molecule has 0 aliphatic carbocycles. The van der Waals surface area contributed by atoms with Gasteiger partial charge in [0.1, 0.15) is 0 Å². The van der Waals surface area contributed by atoms with Crippen molar-refractivity contribution < 1.29 is 0 Å². The largest absolute Gasteiger partial charge is 0.193 e. The molecule has 16 heavy (non-hydrogen) atoms. The molecule has 0 saturated heterocycles. The number of rotatable bonds is 1. The van der Waals surface area contributed by atoms with Gasteiger partial charge < -0.3 is 0 Å². The summed E-state index contributed by atoms with van der Waals surface area (Å²) in [6, 6.07) is 13.4. The molecule has 0 N–H and O–H groups in total. The molecule has 1 aromatic carbocycles. The third kappa shape index (κ3) is 14.0. The summed E-state index contributed by atoms with van der Waals surface area (Å²) in [4.78, 5) is 0. The Morgan fingerprint density at radius 2 is 1.25 bits per heavy atom. The van der Waals surface area contributed by atoms with E-state index in [-0.39, 0.29) is 0 Å². The zero-order valence-corrected chi connectivity index (χ0v) is 9.13. The minimum Gasteiger partial charge on any atom is -0.193 e. The van der Waals surface area contributed by atoms with Crippen molar-refractivity contribution >= 4 is 6.08 Å². The van der Waals surface area contributed by atoms with Crippen molar-refractivity contribution in [3.05, 3.63) is 67.8 Å². The topological polar surface area (TPSA) is 47.6 Å². The lowest BCUT2D eigenvalue weighted by molar-refractivity contribution is 1.54. The number of hydrogen-bond donors (Lipinski definition) is 0. The van der Waals surface area contributed by atoms with Crippen LogP contribution in [0.5, 0.6) is 0 Å². The maximum atomic E-state index is 7.51. The maximum absolute atomic E-state index is 7.51. The van der Waals surface area contributed by atoms with Crippen LogP contribution in [-0.4, -0.2) is 0 Å². The van der Waals surface area contributed by atoms with Crippen LogP contribution in [-0.2, 0) is 0 Å². The van der Waals surface area contributed by atoms with E-state index in [4.69, 9.17) is 10.5 Å². The molecule has 2 nitrogen and oxygen atoms in total. The van der Waals surface area contributed by atoms with Crippen LogP contribution in [0.3, 0.4) is 0 Å². The lowest BCUT2D eigenvalue weighted by Gasteiger charge is -1.85. The first kappa shape index (κ1) is 15.9. The summed E-state index contributed by atoms with van der Waals surface area (Å²) >= 11 is 0. The summed E-state index contributed by atoms with van der Waals surface area (Å²) in [6.45, 7) is 9.87. The maximum Gasteiger partial charge on any atom is 0.0905 e. The number of allylic oxidation sites excluding steroid dienone is 2. The fourth-order valence-electron chi connectivity index (χ4n) is 0.589. The molecule has 1 rings (SSSR count). The van der Waals surface area contributed by atoms with E-state index in [2.05, 4.69) is 19.7 Å². The van der Waals surface area contributed by atoms with E-state index in [0.717, 1.165) is 0 Å². The van der Waals surface area contributed by atoms with Crippen LogP contribution in [0.25, 0.3) is 6.08 Å². The third-order valence-corrected chi connectivity index (χ3v) is 1.22.